The van der Waals surface area contributed by atoms with Crippen molar-refractivity contribution in [1.82, 2.24) is 0 Å². The maximum absolute atomic E-state index is 3.61. The second-order valence-electron chi connectivity index (χ2n) is 6.04. The van der Waals surface area contributed by atoms with Crippen molar-refractivity contribution < 1.29 is 0 Å². The highest BCUT2D eigenvalue weighted by molar-refractivity contribution is 5.72. The minimum atomic E-state index is 0.407. The van der Waals surface area contributed by atoms with E-state index in [1.165, 1.54) is 55.5 Å². The van der Waals surface area contributed by atoms with Gasteiger partial charge in [0.15, 0.2) is 0 Å². The van der Waals surface area contributed by atoms with Gasteiger partial charge in [-0.15, -0.1) is 0 Å². The SMILES string of the molecule is Cc1ccc2c(c1)N(C)C1(CCCCC1)CCN2. The molecule has 0 bridgehead atoms. The molecular weight excluding hydrogens is 220 g/mol. The molecule has 1 fully saturated rings. The molecule has 1 saturated carbocycles. The first-order chi connectivity index (χ1) is 8.71. The van der Waals surface area contributed by atoms with Gasteiger partial charge in [0.25, 0.3) is 0 Å². The molecule has 1 aromatic carbocycles. The molecule has 3 rings (SSSR count). The molecule has 2 aliphatic rings. The van der Waals surface area contributed by atoms with E-state index in [0.29, 0.717) is 5.54 Å². The number of hydrogen-bond donors (Lipinski definition) is 1. The summed E-state index contributed by atoms with van der Waals surface area (Å²) < 4.78 is 0. The molecule has 0 atom stereocenters. The van der Waals surface area contributed by atoms with Crippen molar-refractivity contribution in [3.05, 3.63) is 23.8 Å². The van der Waals surface area contributed by atoms with Crippen LogP contribution in [0.5, 0.6) is 0 Å². The fourth-order valence-corrected chi connectivity index (χ4v) is 3.72. The topological polar surface area (TPSA) is 15.3 Å². The van der Waals surface area contributed by atoms with Gasteiger partial charge in [-0.25, -0.2) is 0 Å². The van der Waals surface area contributed by atoms with Crippen LogP contribution in [0, 0.1) is 6.92 Å². The van der Waals surface area contributed by atoms with E-state index in [4.69, 9.17) is 0 Å². The first-order valence-corrected chi connectivity index (χ1v) is 7.30. The van der Waals surface area contributed by atoms with Crippen LogP contribution in [-0.4, -0.2) is 19.1 Å². The van der Waals surface area contributed by atoms with Crippen molar-refractivity contribution in [3.63, 3.8) is 0 Å². The lowest BCUT2D eigenvalue weighted by molar-refractivity contribution is 0.274. The van der Waals surface area contributed by atoms with E-state index in [0.717, 1.165) is 6.54 Å². The number of aryl methyl sites for hydroxylation is 1. The normalized spacial score (nSPS) is 22.2. The Kier molecular flexibility index (Phi) is 2.96. The molecule has 18 heavy (non-hydrogen) atoms. The second kappa shape index (κ2) is 4.49. The molecule has 0 aromatic heterocycles. The summed E-state index contributed by atoms with van der Waals surface area (Å²) in [5, 5.41) is 3.61. The molecule has 0 unspecified atom stereocenters. The largest absolute Gasteiger partial charge is 0.383 e. The van der Waals surface area contributed by atoms with Gasteiger partial charge in [-0.2, -0.15) is 0 Å². The molecule has 0 radical (unpaired) electrons. The van der Waals surface area contributed by atoms with Crippen molar-refractivity contribution in [2.24, 2.45) is 0 Å². The highest BCUT2D eigenvalue weighted by Gasteiger charge is 2.37. The van der Waals surface area contributed by atoms with Gasteiger partial charge in [0, 0.05) is 19.1 Å². The summed E-state index contributed by atoms with van der Waals surface area (Å²) in [6.45, 7) is 3.30. The number of rotatable bonds is 0. The third-order valence-electron chi connectivity index (χ3n) is 4.92. The van der Waals surface area contributed by atoms with Crippen LogP contribution in [0.15, 0.2) is 18.2 Å². The molecule has 1 aliphatic heterocycles. The molecule has 0 saturated heterocycles. The van der Waals surface area contributed by atoms with Crippen LogP contribution in [0.1, 0.15) is 44.1 Å². The van der Waals surface area contributed by atoms with Gasteiger partial charge in [-0.3, -0.25) is 0 Å². The molecule has 2 nitrogen and oxygen atoms in total. The van der Waals surface area contributed by atoms with E-state index in [9.17, 15) is 0 Å². The Hall–Kier alpha value is -1.18. The zero-order chi connectivity index (χ0) is 12.6. The summed E-state index contributed by atoms with van der Waals surface area (Å²) in [6.07, 6.45) is 8.20. The Balaban J connectivity index is 2.01. The molecule has 1 heterocycles. The number of fused-ring (bicyclic) bond motifs is 1. The Labute approximate surface area is 110 Å². The summed E-state index contributed by atoms with van der Waals surface area (Å²) >= 11 is 0. The fourth-order valence-electron chi connectivity index (χ4n) is 3.72. The van der Waals surface area contributed by atoms with Gasteiger partial charge in [0.2, 0.25) is 0 Å². The highest BCUT2D eigenvalue weighted by atomic mass is 15.2. The lowest BCUT2D eigenvalue weighted by atomic mass is 9.78. The van der Waals surface area contributed by atoms with Gasteiger partial charge >= 0.3 is 0 Å². The van der Waals surface area contributed by atoms with Crippen LogP contribution < -0.4 is 10.2 Å². The Morgan fingerprint density at radius 3 is 2.67 bits per heavy atom. The standard InChI is InChI=1S/C16H24N2/c1-13-6-7-14-15(12-13)18(2)16(10-11-17-14)8-4-3-5-9-16/h6-7,12,17H,3-5,8-11H2,1-2H3. The van der Waals surface area contributed by atoms with Crippen LogP contribution in [0.2, 0.25) is 0 Å². The predicted octanol–water partition coefficient (Wildman–Crippen LogP) is 3.95. The van der Waals surface area contributed by atoms with Crippen molar-refractivity contribution >= 4 is 11.4 Å². The van der Waals surface area contributed by atoms with Gasteiger partial charge in [0.1, 0.15) is 0 Å². The van der Waals surface area contributed by atoms with E-state index >= 15 is 0 Å². The third kappa shape index (κ3) is 1.88. The molecule has 0 amide bonds. The van der Waals surface area contributed by atoms with Crippen molar-refractivity contribution in [2.75, 3.05) is 23.8 Å². The molecular formula is C16H24N2. The Morgan fingerprint density at radius 2 is 1.89 bits per heavy atom. The van der Waals surface area contributed by atoms with Gasteiger partial charge in [-0.1, -0.05) is 25.3 Å². The molecule has 2 heteroatoms. The van der Waals surface area contributed by atoms with Crippen LogP contribution >= 0.6 is 0 Å². The molecule has 1 aliphatic carbocycles. The highest BCUT2D eigenvalue weighted by Crippen LogP contribution is 2.42. The van der Waals surface area contributed by atoms with E-state index in [-0.39, 0.29) is 0 Å². The summed E-state index contributed by atoms with van der Waals surface area (Å²) in [5.41, 5.74) is 4.47. The van der Waals surface area contributed by atoms with Crippen LogP contribution in [0.25, 0.3) is 0 Å². The molecule has 98 valence electrons. The number of anilines is 2. The minimum Gasteiger partial charge on any atom is -0.383 e. The molecule has 1 aromatic rings. The number of nitrogens with one attached hydrogen (secondary N) is 1. The lowest BCUT2D eigenvalue weighted by Gasteiger charge is -2.45. The first-order valence-electron chi connectivity index (χ1n) is 7.30. The maximum atomic E-state index is 3.61. The van der Waals surface area contributed by atoms with Gasteiger partial charge in [-0.05, 0) is 43.9 Å². The lowest BCUT2D eigenvalue weighted by Crippen LogP contribution is -2.48. The van der Waals surface area contributed by atoms with Crippen LogP contribution in [0.3, 0.4) is 0 Å². The van der Waals surface area contributed by atoms with Crippen LogP contribution in [0.4, 0.5) is 11.4 Å². The van der Waals surface area contributed by atoms with E-state index in [1.807, 2.05) is 0 Å². The van der Waals surface area contributed by atoms with E-state index < -0.39 is 0 Å². The van der Waals surface area contributed by atoms with E-state index in [2.05, 4.69) is 42.4 Å². The molecule has 1 N–H and O–H groups in total. The fraction of sp³-hybridized carbons (Fsp3) is 0.625. The maximum Gasteiger partial charge on any atom is 0.0606 e. The Bertz CT molecular complexity index is 433. The minimum absolute atomic E-state index is 0.407. The smallest absolute Gasteiger partial charge is 0.0606 e. The van der Waals surface area contributed by atoms with Gasteiger partial charge < -0.3 is 10.2 Å². The second-order valence-corrected chi connectivity index (χ2v) is 6.04. The predicted molar refractivity (Wildman–Crippen MR) is 78.5 cm³/mol. The quantitative estimate of drug-likeness (QED) is 0.743. The van der Waals surface area contributed by atoms with Crippen LogP contribution in [-0.2, 0) is 0 Å². The number of hydrogen-bond acceptors (Lipinski definition) is 2. The zero-order valence-corrected chi connectivity index (χ0v) is 11.6. The van der Waals surface area contributed by atoms with Crippen molar-refractivity contribution in [2.45, 2.75) is 51.0 Å². The van der Waals surface area contributed by atoms with Crippen molar-refractivity contribution in [3.8, 4) is 0 Å². The summed E-state index contributed by atoms with van der Waals surface area (Å²) in [5.74, 6) is 0. The Morgan fingerprint density at radius 1 is 1.11 bits per heavy atom. The number of nitrogens with zero attached hydrogens (tertiary/aromatic N) is 1. The zero-order valence-electron chi connectivity index (χ0n) is 11.6. The summed E-state index contributed by atoms with van der Waals surface area (Å²) in [4.78, 5) is 2.58. The molecule has 1 spiro atoms. The van der Waals surface area contributed by atoms with E-state index in [1.54, 1.807) is 0 Å². The number of benzene rings is 1. The first kappa shape index (κ1) is 11.9. The monoisotopic (exact) mass is 244 g/mol. The van der Waals surface area contributed by atoms with Gasteiger partial charge in [0.05, 0.1) is 11.4 Å². The average molecular weight is 244 g/mol. The summed E-state index contributed by atoms with van der Waals surface area (Å²) in [7, 11) is 2.30. The third-order valence-corrected chi connectivity index (χ3v) is 4.92. The summed E-state index contributed by atoms with van der Waals surface area (Å²) in [6, 6.07) is 6.78. The van der Waals surface area contributed by atoms with Crippen molar-refractivity contribution in [1.29, 1.82) is 0 Å². The average Bonchev–Trinajstić information content (AvgIpc) is 2.51.